The number of nitrogens with zero attached hydrogens (tertiary/aromatic N) is 1. The molecular weight excluding hydrogens is 434 g/mol. The van der Waals surface area contributed by atoms with E-state index in [1.807, 2.05) is 0 Å². The molecule has 34 heavy (non-hydrogen) atoms. The van der Waals surface area contributed by atoms with Crippen molar-refractivity contribution in [2.45, 2.75) is 174 Å². The fourth-order valence-electron chi connectivity index (χ4n) is 5.45. The predicted octanol–water partition coefficient (Wildman–Crippen LogP) is 11.5. The van der Waals surface area contributed by atoms with E-state index in [0.717, 1.165) is 5.88 Å². The molecule has 0 spiro atoms. The monoisotopic (exact) mass is 500 g/mol. The first-order valence-corrected chi connectivity index (χ1v) is 16.6. The number of alkyl halides is 1. The summed E-state index contributed by atoms with van der Waals surface area (Å²) < 4.78 is 1.27. The van der Waals surface area contributed by atoms with Crippen molar-refractivity contribution in [2.75, 3.05) is 32.6 Å². The molecule has 0 aromatic rings. The normalized spacial score (nSPS) is 12.0. The zero-order chi connectivity index (χ0) is 25.0. The summed E-state index contributed by atoms with van der Waals surface area (Å²) in [5.74, 6) is 0.824. The van der Waals surface area contributed by atoms with E-state index in [9.17, 15) is 0 Å². The van der Waals surface area contributed by atoms with E-state index in [-0.39, 0.29) is 0 Å². The zero-order valence-corrected chi connectivity index (χ0v) is 25.1. The summed E-state index contributed by atoms with van der Waals surface area (Å²) in [7, 11) is 2.50. The van der Waals surface area contributed by atoms with Crippen LogP contribution in [0.5, 0.6) is 0 Å². The van der Waals surface area contributed by atoms with E-state index in [4.69, 9.17) is 11.6 Å². The summed E-state index contributed by atoms with van der Waals surface area (Å²) in [6.45, 7) is 8.62. The molecule has 0 heterocycles. The van der Waals surface area contributed by atoms with Gasteiger partial charge in [-0.25, -0.2) is 0 Å². The molecule has 0 rings (SSSR count). The summed E-state index contributed by atoms with van der Waals surface area (Å²) in [5, 5.41) is 0. The van der Waals surface area contributed by atoms with E-state index in [1.165, 1.54) is 185 Å². The minimum absolute atomic E-state index is 0.824. The summed E-state index contributed by atoms with van der Waals surface area (Å²) in [6.07, 6.45) is 35.8. The molecule has 0 saturated heterocycles. The lowest BCUT2D eigenvalue weighted by atomic mass is 10.0. The smallest absolute Gasteiger partial charge is 0.0796 e. The molecule has 2 heteroatoms. The third-order valence-corrected chi connectivity index (χ3v) is 8.20. The standard InChI is InChI=1S/C32H67ClN/c1-4-6-8-10-12-14-16-18-20-22-24-26-30-34(3,32-28-29-33)31-27-25-23-21-19-17-15-13-11-9-7-5-2/h4-32H2,1-3H3/q+1. The third-order valence-electron chi connectivity index (χ3n) is 7.93. The van der Waals surface area contributed by atoms with Gasteiger partial charge in [-0.2, -0.15) is 0 Å². The van der Waals surface area contributed by atoms with E-state index in [0.29, 0.717) is 0 Å². The maximum absolute atomic E-state index is 6.06. The number of unbranched alkanes of at least 4 members (excludes halogenated alkanes) is 22. The highest BCUT2D eigenvalue weighted by atomic mass is 35.5. The third kappa shape index (κ3) is 25.3. The van der Waals surface area contributed by atoms with Crippen molar-refractivity contribution in [3.05, 3.63) is 0 Å². The maximum atomic E-state index is 6.06. The minimum Gasteiger partial charge on any atom is -0.326 e. The Labute approximate surface area is 222 Å². The molecule has 0 radical (unpaired) electrons. The van der Waals surface area contributed by atoms with Gasteiger partial charge in [0.1, 0.15) is 0 Å². The lowest BCUT2D eigenvalue weighted by molar-refractivity contribution is -0.910. The van der Waals surface area contributed by atoms with Gasteiger partial charge in [-0.15, -0.1) is 11.6 Å². The number of rotatable bonds is 29. The Bertz CT molecular complexity index is 342. The minimum atomic E-state index is 0.824. The number of hydrogen-bond acceptors (Lipinski definition) is 0. The molecule has 0 aliphatic carbocycles. The summed E-state index contributed by atoms with van der Waals surface area (Å²) >= 11 is 6.06. The number of hydrogen-bond donors (Lipinski definition) is 0. The molecule has 0 aromatic heterocycles. The largest absolute Gasteiger partial charge is 0.326 e. The predicted molar refractivity (Wildman–Crippen MR) is 158 cm³/mol. The van der Waals surface area contributed by atoms with Crippen LogP contribution in [0.25, 0.3) is 0 Å². The van der Waals surface area contributed by atoms with E-state index < -0.39 is 0 Å². The van der Waals surface area contributed by atoms with Crippen LogP contribution in [0.3, 0.4) is 0 Å². The van der Waals surface area contributed by atoms with Crippen LogP contribution in [0, 0.1) is 0 Å². The van der Waals surface area contributed by atoms with Gasteiger partial charge < -0.3 is 4.48 Å². The van der Waals surface area contributed by atoms with Gasteiger partial charge in [0.25, 0.3) is 0 Å². The number of quaternary nitrogens is 1. The van der Waals surface area contributed by atoms with Gasteiger partial charge in [0.05, 0.1) is 26.7 Å². The van der Waals surface area contributed by atoms with Crippen LogP contribution in [0.15, 0.2) is 0 Å². The fourth-order valence-corrected chi connectivity index (χ4v) is 5.57. The van der Waals surface area contributed by atoms with Gasteiger partial charge in [-0.05, 0) is 25.7 Å². The van der Waals surface area contributed by atoms with Crippen molar-refractivity contribution in [1.82, 2.24) is 0 Å². The Hall–Kier alpha value is 0.250. The zero-order valence-electron chi connectivity index (χ0n) is 24.3. The van der Waals surface area contributed by atoms with Crippen LogP contribution in [-0.4, -0.2) is 37.0 Å². The molecule has 0 aliphatic rings. The van der Waals surface area contributed by atoms with E-state index in [2.05, 4.69) is 20.9 Å². The van der Waals surface area contributed by atoms with Crippen LogP contribution in [0.4, 0.5) is 0 Å². The van der Waals surface area contributed by atoms with Crippen LogP contribution >= 0.6 is 11.6 Å². The maximum Gasteiger partial charge on any atom is 0.0796 e. The van der Waals surface area contributed by atoms with Gasteiger partial charge in [-0.3, -0.25) is 0 Å². The molecular formula is C32H67ClN+. The van der Waals surface area contributed by atoms with Crippen LogP contribution < -0.4 is 0 Å². The number of halogens is 1. The lowest BCUT2D eigenvalue weighted by Gasteiger charge is -2.35. The van der Waals surface area contributed by atoms with Gasteiger partial charge in [-0.1, -0.05) is 142 Å². The quantitative estimate of drug-likeness (QED) is 0.0543. The van der Waals surface area contributed by atoms with E-state index in [1.54, 1.807) is 0 Å². The second kappa shape index (κ2) is 27.8. The van der Waals surface area contributed by atoms with Gasteiger partial charge in [0.2, 0.25) is 0 Å². The molecule has 0 aliphatic heterocycles. The van der Waals surface area contributed by atoms with Crippen molar-refractivity contribution in [3.8, 4) is 0 Å². The average Bonchev–Trinajstić information content (AvgIpc) is 2.84. The lowest BCUT2D eigenvalue weighted by Crippen LogP contribution is -2.46. The molecule has 0 N–H and O–H groups in total. The fraction of sp³-hybridized carbons (Fsp3) is 1.00. The highest BCUT2D eigenvalue weighted by Crippen LogP contribution is 2.16. The average molecular weight is 501 g/mol. The molecule has 206 valence electrons. The molecule has 1 nitrogen and oxygen atoms in total. The van der Waals surface area contributed by atoms with Crippen molar-refractivity contribution in [2.24, 2.45) is 0 Å². The summed E-state index contributed by atoms with van der Waals surface area (Å²) in [6, 6.07) is 0. The summed E-state index contributed by atoms with van der Waals surface area (Å²) in [5.41, 5.74) is 0. The summed E-state index contributed by atoms with van der Waals surface area (Å²) in [4.78, 5) is 0. The molecule has 0 atom stereocenters. The topological polar surface area (TPSA) is 0 Å². The van der Waals surface area contributed by atoms with Gasteiger partial charge in [0.15, 0.2) is 0 Å². The molecule has 0 unspecified atom stereocenters. The first-order chi connectivity index (χ1) is 16.7. The molecule has 0 bridgehead atoms. The Kier molecular flexibility index (Phi) is 28.0. The molecule has 0 fully saturated rings. The SMILES string of the molecule is CCCCCCCCCCCCCC[N+](C)(CCCCl)CCCCCCCCCCCCCC. The molecule has 0 aromatic carbocycles. The second-order valence-corrected chi connectivity index (χ2v) is 12.0. The van der Waals surface area contributed by atoms with Crippen molar-refractivity contribution < 1.29 is 4.48 Å². The van der Waals surface area contributed by atoms with E-state index >= 15 is 0 Å². The van der Waals surface area contributed by atoms with Crippen molar-refractivity contribution >= 4 is 11.6 Å². The Balaban J connectivity index is 3.67. The van der Waals surface area contributed by atoms with Crippen molar-refractivity contribution in [1.29, 1.82) is 0 Å². The highest BCUT2D eigenvalue weighted by molar-refractivity contribution is 6.17. The first kappa shape index (κ1) is 34.2. The Morgan fingerprint density at radius 1 is 0.353 bits per heavy atom. The second-order valence-electron chi connectivity index (χ2n) is 11.6. The molecule has 0 amide bonds. The van der Waals surface area contributed by atoms with Crippen LogP contribution in [0.1, 0.15) is 174 Å². The molecule has 0 saturated carbocycles. The first-order valence-electron chi connectivity index (χ1n) is 16.1. The van der Waals surface area contributed by atoms with Gasteiger partial charge in [0, 0.05) is 12.3 Å². The highest BCUT2D eigenvalue weighted by Gasteiger charge is 2.19. The van der Waals surface area contributed by atoms with Crippen molar-refractivity contribution in [3.63, 3.8) is 0 Å². The van der Waals surface area contributed by atoms with Gasteiger partial charge >= 0.3 is 0 Å². The Morgan fingerprint density at radius 2 is 0.588 bits per heavy atom. The Morgan fingerprint density at radius 3 is 0.853 bits per heavy atom. The van der Waals surface area contributed by atoms with Crippen LogP contribution in [0.2, 0.25) is 0 Å². The van der Waals surface area contributed by atoms with Crippen LogP contribution in [-0.2, 0) is 0 Å².